The average molecular weight is 347 g/mol. The number of rotatable bonds is 4. The summed E-state index contributed by atoms with van der Waals surface area (Å²) in [5.74, 6) is 2.19. The molecule has 1 saturated heterocycles. The minimum atomic E-state index is 0.357. The maximum atomic E-state index is 5.99. The number of pyridine rings is 1. The van der Waals surface area contributed by atoms with Crippen LogP contribution in [-0.4, -0.2) is 28.0 Å². The fraction of sp³-hybridized carbons (Fsp3) is 0.250. The summed E-state index contributed by atoms with van der Waals surface area (Å²) in [4.78, 5) is 13.5. The third kappa shape index (κ3) is 3.81. The molecule has 3 N–H and O–H groups in total. The van der Waals surface area contributed by atoms with E-state index in [9.17, 15) is 0 Å². The van der Waals surface area contributed by atoms with Crippen molar-refractivity contribution in [2.24, 2.45) is 0 Å². The summed E-state index contributed by atoms with van der Waals surface area (Å²) >= 11 is 0. The minimum absolute atomic E-state index is 0.357. The first kappa shape index (κ1) is 16.5. The highest BCUT2D eigenvalue weighted by Gasteiger charge is 2.19. The number of nitrogens with two attached hydrogens (primary N) is 1. The van der Waals surface area contributed by atoms with Gasteiger partial charge in [0.05, 0.1) is 5.69 Å². The van der Waals surface area contributed by atoms with Crippen molar-refractivity contribution in [1.29, 1.82) is 0 Å². The molecule has 2 aromatic heterocycles. The minimum Gasteiger partial charge on any atom is -0.439 e. The van der Waals surface area contributed by atoms with Gasteiger partial charge < -0.3 is 15.8 Å². The molecule has 0 amide bonds. The smallest absolute Gasteiger partial charge is 0.223 e. The molecular weight excluding hydrogens is 326 g/mol. The Labute approximate surface area is 152 Å². The monoisotopic (exact) mass is 347 g/mol. The van der Waals surface area contributed by atoms with E-state index in [1.807, 2.05) is 36.4 Å². The number of nitrogens with zero attached hydrogens (tertiary/aromatic N) is 3. The van der Waals surface area contributed by atoms with Gasteiger partial charge in [0.15, 0.2) is 5.82 Å². The third-order valence-electron chi connectivity index (χ3n) is 4.46. The lowest BCUT2D eigenvalue weighted by atomic mass is 9.96. The number of nitrogens with one attached hydrogen (secondary N) is 1. The van der Waals surface area contributed by atoms with Crippen molar-refractivity contribution in [2.45, 2.75) is 18.8 Å². The molecule has 0 saturated carbocycles. The molecule has 6 nitrogen and oxygen atoms in total. The molecule has 1 aliphatic rings. The number of piperidine rings is 1. The second kappa shape index (κ2) is 7.49. The Kier molecular flexibility index (Phi) is 4.75. The van der Waals surface area contributed by atoms with Crippen LogP contribution in [0.2, 0.25) is 0 Å². The number of ether oxygens (including phenoxy) is 1. The second-order valence-corrected chi connectivity index (χ2v) is 6.41. The van der Waals surface area contributed by atoms with Gasteiger partial charge in [0.2, 0.25) is 5.88 Å². The maximum absolute atomic E-state index is 5.99. The van der Waals surface area contributed by atoms with Crippen LogP contribution < -0.4 is 15.8 Å². The summed E-state index contributed by atoms with van der Waals surface area (Å²) in [6, 6.07) is 13.1. The van der Waals surface area contributed by atoms with E-state index in [0.29, 0.717) is 29.1 Å². The molecule has 6 heteroatoms. The highest BCUT2D eigenvalue weighted by Crippen LogP contribution is 2.29. The second-order valence-electron chi connectivity index (χ2n) is 6.41. The summed E-state index contributed by atoms with van der Waals surface area (Å²) in [5, 5.41) is 3.44. The zero-order chi connectivity index (χ0) is 17.8. The van der Waals surface area contributed by atoms with Crippen LogP contribution in [0.4, 0.5) is 5.69 Å². The normalized spacial score (nSPS) is 17.0. The van der Waals surface area contributed by atoms with Crippen LogP contribution in [-0.2, 0) is 0 Å². The van der Waals surface area contributed by atoms with Gasteiger partial charge in [0.1, 0.15) is 5.75 Å². The number of hydrogen-bond acceptors (Lipinski definition) is 6. The predicted octanol–water partition coefficient (Wildman–Crippen LogP) is 3.38. The van der Waals surface area contributed by atoms with Crippen LogP contribution in [0, 0.1) is 0 Å². The quantitative estimate of drug-likeness (QED) is 0.704. The van der Waals surface area contributed by atoms with Crippen LogP contribution in [0.25, 0.3) is 11.4 Å². The fourth-order valence-electron chi connectivity index (χ4n) is 3.14. The molecule has 1 aliphatic heterocycles. The molecule has 3 heterocycles. The Morgan fingerprint density at radius 2 is 1.96 bits per heavy atom. The van der Waals surface area contributed by atoms with Crippen LogP contribution in [0.1, 0.15) is 24.5 Å². The first-order chi connectivity index (χ1) is 12.8. The summed E-state index contributed by atoms with van der Waals surface area (Å²) < 4.78 is 5.99. The van der Waals surface area contributed by atoms with Gasteiger partial charge in [0, 0.05) is 48.2 Å². The molecule has 1 atom stereocenters. The summed E-state index contributed by atoms with van der Waals surface area (Å²) in [5.41, 5.74) is 8.42. The van der Waals surface area contributed by atoms with Gasteiger partial charge in [-0.25, -0.2) is 4.98 Å². The molecule has 1 fully saturated rings. The Balaban J connectivity index is 1.72. The van der Waals surface area contributed by atoms with Crippen molar-refractivity contribution >= 4 is 5.69 Å². The topological polar surface area (TPSA) is 86.0 Å². The van der Waals surface area contributed by atoms with E-state index in [4.69, 9.17) is 15.5 Å². The van der Waals surface area contributed by atoms with E-state index in [0.717, 1.165) is 37.2 Å². The molecule has 0 bridgehead atoms. The molecule has 0 spiro atoms. The summed E-state index contributed by atoms with van der Waals surface area (Å²) in [7, 11) is 0. The first-order valence-electron chi connectivity index (χ1n) is 8.81. The van der Waals surface area contributed by atoms with Crippen LogP contribution in [0.5, 0.6) is 11.6 Å². The summed E-state index contributed by atoms with van der Waals surface area (Å²) in [6.07, 6.45) is 5.74. The third-order valence-corrected chi connectivity index (χ3v) is 4.46. The molecule has 3 aromatic rings. The molecule has 0 aliphatic carbocycles. The van der Waals surface area contributed by atoms with E-state index in [1.165, 1.54) is 0 Å². The van der Waals surface area contributed by atoms with Gasteiger partial charge in [-0.05, 0) is 43.7 Å². The van der Waals surface area contributed by atoms with Crippen molar-refractivity contribution in [3.8, 4) is 23.0 Å². The van der Waals surface area contributed by atoms with Crippen molar-refractivity contribution in [3.63, 3.8) is 0 Å². The number of benzene rings is 1. The number of aromatic nitrogens is 3. The molecule has 0 radical (unpaired) electrons. The number of nitrogen functional groups attached to an aromatic ring is 1. The van der Waals surface area contributed by atoms with Gasteiger partial charge >= 0.3 is 0 Å². The van der Waals surface area contributed by atoms with Crippen molar-refractivity contribution in [1.82, 2.24) is 20.3 Å². The highest BCUT2D eigenvalue weighted by molar-refractivity contribution is 5.55. The lowest BCUT2D eigenvalue weighted by Gasteiger charge is -2.23. The van der Waals surface area contributed by atoms with Gasteiger partial charge in [-0.2, -0.15) is 4.98 Å². The predicted molar refractivity (Wildman–Crippen MR) is 101 cm³/mol. The standard InChI is InChI=1S/C20H21N5O/c21-16-4-1-5-17(11-16)26-19-12-18(15-3-2-8-23-13-15)24-20(25-19)14-6-9-22-10-7-14/h1,4-7,9-12,15,23H,2-3,8,13,21H2/t15-/m1/s1. The summed E-state index contributed by atoms with van der Waals surface area (Å²) in [6.45, 7) is 1.98. The van der Waals surface area contributed by atoms with Crippen LogP contribution in [0.15, 0.2) is 54.9 Å². The number of anilines is 1. The first-order valence-corrected chi connectivity index (χ1v) is 8.81. The Bertz CT molecular complexity index is 878. The SMILES string of the molecule is Nc1cccc(Oc2cc([C@@H]3CCCNC3)nc(-c3ccncc3)n2)c1. The highest BCUT2D eigenvalue weighted by atomic mass is 16.5. The van der Waals surface area contributed by atoms with Gasteiger partial charge in [-0.15, -0.1) is 0 Å². The van der Waals surface area contributed by atoms with Gasteiger partial charge in [-0.3, -0.25) is 4.98 Å². The Morgan fingerprint density at radius 3 is 2.73 bits per heavy atom. The van der Waals surface area contributed by atoms with E-state index < -0.39 is 0 Å². The van der Waals surface area contributed by atoms with E-state index in [2.05, 4.69) is 15.3 Å². The number of hydrogen-bond donors (Lipinski definition) is 2. The molecule has 0 unspecified atom stereocenters. The average Bonchev–Trinajstić information content (AvgIpc) is 2.69. The molecule has 26 heavy (non-hydrogen) atoms. The lowest BCUT2D eigenvalue weighted by Crippen LogP contribution is -2.29. The van der Waals surface area contributed by atoms with Gasteiger partial charge in [0.25, 0.3) is 0 Å². The van der Waals surface area contributed by atoms with E-state index in [-0.39, 0.29) is 0 Å². The molecule has 1 aromatic carbocycles. The molecule has 132 valence electrons. The van der Waals surface area contributed by atoms with Crippen LogP contribution >= 0.6 is 0 Å². The largest absolute Gasteiger partial charge is 0.439 e. The lowest BCUT2D eigenvalue weighted by molar-refractivity contribution is 0.440. The van der Waals surface area contributed by atoms with Crippen molar-refractivity contribution < 1.29 is 4.74 Å². The molecule has 4 rings (SSSR count). The van der Waals surface area contributed by atoms with E-state index >= 15 is 0 Å². The Morgan fingerprint density at radius 1 is 1.08 bits per heavy atom. The van der Waals surface area contributed by atoms with Gasteiger partial charge in [-0.1, -0.05) is 6.07 Å². The Hall–Kier alpha value is -2.99. The zero-order valence-corrected chi connectivity index (χ0v) is 14.4. The zero-order valence-electron chi connectivity index (χ0n) is 14.4. The molecular formula is C20H21N5O. The van der Waals surface area contributed by atoms with E-state index in [1.54, 1.807) is 18.5 Å². The fourth-order valence-corrected chi connectivity index (χ4v) is 3.14. The van der Waals surface area contributed by atoms with Crippen LogP contribution in [0.3, 0.4) is 0 Å². The maximum Gasteiger partial charge on any atom is 0.223 e. The van der Waals surface area contributed by atoms with Crippen molar-refractivity contribution in [3.05, 3.63) is 60.6 Å². The van der Waals surface area contributed by atoms with Crippen molar-refractivity contribution in [2.75, 3.05) is 18.8 Å².